The highest BCUT2D eigenvalue weighted by Crippen LogP contribution is 2.45. The summed E-state index contributed by atoms with van der Waals surface area (Å²) in [7, 11) is 0. The van der Waals surface area contributed by atoms with Gasteiger partial charge in [0, 0.05) is 0 Å². The van der Waals surface area contributed by atoms with Gasteiger partial charge in [-0.3, -0.25) is 0 Å². The Morgan fingerprint density at radius 3 is 3.07 bits per heavy atom. The second kappa shape index (κ2) is 4.44. The van der Waals surface area contributed by atoms with E-state index in [2.05, 4.69) is 6.92 Å². The van der Waals surface area contributed by atoms with Crippen molar-refractivity contribution >= 4 is 22.9 Å². The molecule has 1 aliphatic carbocycles. The summed E-state index contributed by atoms with van der Waals surface area (Å²) in [6, 6.07) is 1.88. The summed E-state index contributed by atoms with van der Waals surface area (Å²) in [6.07, 6.45) is 5.27. The molecule has 1 fully saturated rings. The molecule has 3 heteroatoms. The van der Waals surface area contributed by atoms with E-state index >= 15 is 0 Å². The normalized spacial score (nSPS) is 31.8. The number of hydrogen-bond donors (Lipinski definition) is 1. The molecule has 1 N–H and O–H groups in total. The van der Waals surface area contributed by atoms with Crippen molar-refractivity contribution in [2.45, 2.75) is 44.6 Å². The molecule has 15 heavy (non-hydrogen) atoms. The van der Waals surface area contributed by atoms with Crippen molar-refractivity contribution in [3.63, 3.8) is 0 Å². The zero-order valence-electron chi connectivity index (χ0n) is 9.00. The van der Waals surface area contributed by atoms with Crippen LogP contribution in [0.1, 0.15) is 43.9 Å². The van der Waals surface area contributed by atoms with Crippen LogP contribution in [-0.2, 0) is 5.60 Å². The van der Waals surface area contributed by atoms with Crippen LogP contribution in [0.5, 0.6) is 0 Å². The van der Waals surface area contributed by atoms with Gasteiger partial charge in [-0.15, -0.1) is 11.3 Å². The first kappa shape index (κ1) is 11.4. The number of aliphatic hydroxyl groups is 1. The Balaban J connectivity index is 2.22. The Bertz CT molecular complexity index is 336. The van der Waals surface area contributed by atoms with Crippen LogP contribution in [0.15, 0.2) is 11.4 Å². The molecule has 2 unspecified atom stereocenters. The third kappa shape index (κ3) is 2.22. The molecule has 2 rings (SSSR count). The smallest absolute Gasteiger partial charge is 0.100 e. The predicted octanol–water partition coefficient (Wildman–Crippen LogP) is 4.19. The van der Waals surface area contributed by atoms with Gasteiger partial charge < -0.3 is 5.11 Å². The molecule has 84 valence electrons. The van der Waals surface area contributed by atoms with Gasteiger partial charge in [-0.2, -0.15) is 0 Å². The summed E-state index contributed by atoms with van der Waals surface area (Å²) in [5.74, 6) is 0.655. The molecule has 1 aliphatic rings. The van der Waals surface area contributed by atoms with E-state index in [-0.39, 0.29) is 0 Å². The lowest BCUT2D eigenvalue weighted by atomic mass is 9.76. The zero-order chi connectivity index (χ0) is 10.9. The largest absolute Gasteiger partial charge is 0.384 e. The maximum atomic E-state index is 10.6. The standard InChI is InChI=1S/C12H17ClOS/c1-2-9-4-3-6-12(14,8-9)11-10(13)5-7-15-11/h5,7,9,14H,2-4,6,8H2,1H3. The average molecular weight is 245 g/mol. The van der Waals surface area contributed by atoms with Gasteiger partial charge >= 0.3 is 0 Å². The Morgan fingerprint density at radius 2 is 2.47 bits per heavy atom. The summed E-state index contributed by atoms with van der Waals surface area (Å²) in [6.45, 7) is 2.20. The molecule has 2 atom stereocenters. The maximum absolute atomic E-state index is 10.6. The molecular weight excluding hydrogens is 228 g/mol. The molecule has 0 saturated heterocycles. The molecule has 1 heterocycles. The first-order valence-electron chi connectivity index (χ1n) is 5.61. The SMILES string of the molecule is CCC1CCCC(O)(c2sccc2Cl)C1. The topological polar surface area (TPSA) is 20.2 Å². The Kier molecular flexibility index (Phi) is 3.39. The van der Waals surface area contributed by atoms with Gasteiger partial charge in [0.05, 0.1) is 9.90 Å². The molecule has 0 aromatic carbocycles. The van der Waals surface area contributed by atoms with Gasteiger partial charge in [-0.1, -0.05) is 31.4 Å². The van der Waals surface area contributed by atoms with Crippen molar-refractivity contribution in [2.75, 3.05) is 0 Å². The van der Waals surface area contributed by atoms with Crippen LogP contribution in [0.3, 0.4) is 0 Å². The van der Waals surface area contributed by atoms with Crippen molar-refractivity contribution in [3.8, 4) is 0 Å². The van der Waals surface area contributed by atoms with Crippen LogP contribution in [0.4, 0.5) is 0 Å². The predicted molar refractivity (Wildman–Crippen MR) is 65.5 cm³/mol. The molecule has 0 aliphatic heterocycles. The van der Waals surface area contributed by atoms with Crippen LogP contribution in [0.2, 0.25) is 5.02 Å². The third-order valence-corrected chi connectivity index (χ3v) is 4.98. The summed E-state index contributed by atoms with van der Waals surface area (Å²) in [5.41, 5.74) is -0.649. The fraction of sp³-hybridized carbons (Fsp3) is 0.667. The number of hydrogen-bond acceptors (Lipinski definition) is 2. The first-order chi connectivity index (χ1) is 7.15. The lowest BCUT2D eigenvalue weighted by Crippen LogP contribution is -2.31. The van der Waals surface area contributed by atoms with Gasteiger partial charge in [-0.05, 0) is 36.6 Å². The fourth-order valence-corrected chi connectivity index (χ4v) is 3.92. The van der Waals surface area contributed by atoms with Crippen LogP contribution in [-0.4, -0.2) is 5.11 Å². The lowest BCUT2D eigenvalue weighted by Gasteiger charge is -2.36. The number of thiophene rings is 1. The highest BCUT2D eigenvalue weighted by molar-refractivity contribution is 7.10. The monoisotopic (exact) mass is 244 g/mol. The van der Waals surface area contributed by atoms with E-state index in [0.717, 1.165) is 35.6 Å². The van der Waals surface area contributed by atoms with E-state index in [1.807, 2.05) is 11.4 Å². The summed E-state index contributed by atoms with van der Waals surface area (Å²) < 4.78 is 0. The zero-order valence-corrected chi connectivity index (χ0v) is 10.6. The molecule has 1 aromatic rings. The molecular formula is C12H17ClOS. The van der Waals surface area contributed by atoms with E-state index < -0.39 is 5.60 Å². The van der Waals surface area contributed by atoms with E-state index in [1.54, 1.807) is 11.3 Å². The quantitative estimate of drug-likeness (QED) is 0.827. The maximum Gasteiger partial charge on any atom is 0.100 e. The molecule has 1 saturated carbocycles. The van der Waals surface area contributed by atoms with E-state index in [1.165, 1.54) is 6.42 Å². The van der Waals surface area contributed by atoms with Crippen molar-refractivity contribution < 1.29 is 5.11 Å². The number of halogens is 1. The Labute approximate surface area is 100 Å². The van der Waals surface area contributed by atoms with Gasteiger partial charge in [0.2, 0.25) is 0 Å². The minimum absolute atomic E-state index is 0.649. The third-order valence-electron chi connectivity index (χ3n) is 3.45. The van der Waals surface area contributed by atoms with Crippen molar-refractivity contribution in [1.29, 1.82) is 0 Å². The number of rotatable bonds is 2. The Hall–Kier alpha value is -0.0500. The highest BCUT2D eigenvalue weighted by Gasteiger charge is 2.37. The molecule has 1 aromatic heterocycles. The first-order valence-corrected chi connectivity index (χ1v) is 6.87. The van der Waals surface area contributed by atoms with Crippen molar-refractivity contribution in [3.05, 3.63) is 21.3 Å². The second-order valence-corrected chi connectivity index (χ2v) is 5.82. The van der Waals surface area contributed by atoms with Gasteiger partial charge in [-0.25, -0.2) is 0 Å². The summed E-state index contributed by atoms with van der Waals surface area (Å²) in [5, 5.41) is 13.3. The Morgan fingerprint density at radius 1 is 1.67 bits per heavy atom. The molecule has 0 bridgehead atoms. The highest BCUT2D eigenvalue weighted by atomic mass is 35.5. The lowest BCUT2D eigenvalue weighted by molar-refractivity contribution is -0.0184. The van der Waals surface area contributed by atoms with E-state index in [0.29, 0.717) is 5.92 Å². The summed E-state index contributed by atoms with van der Waals surface area (Å²) in [4.78, 5) is 0.974. The van der Waals surface area contributed by atoms with Gasteiger partial charge in [0.15, 0.2) is 0 Å². The van der Waals surface area contributed by atoms with Crippen molar-refractivity contribution in [1.82, 2.24) is 0 Å². The minimum atomic E-state index is -0.649. The summed E-state index contributed by atoms with van der Waals surface area (Å²) >= 11 is 7.69. The van der Waals surface area contributed by atoms with Crippen LogP contribution >= 0.6 is 22.9 Å². The van der Waals surface area contributed by atoms with Crippen LogP contribution < -0.4 is 0 Å². The second-order valence-electron chi connectivity index (χ2n) is 4.50. The van der Waals surface area contributed by atoms with Crippen molar-refractivity contribution in [2.24, 2.45) is 5.92 Å². The van der Waals surface area contributed by atoms with Gasteiger partial charge in [0.25, 0.3) is 0 Å². The van der Waals surface area contributed by atoms with E-state index in [4.69, 9.17) is 11.6 Å². The average Bonchev–Trinajstić information content (AvgIpc) is 2.65. The van der Waals surface area contributed by atoms with Crippen LogP contribution in [0, 0.1) is 5.92 Å². The fourth-order valence-electron chi connectivity index (χ4n) is 2.55. The van der Waals surface area contributed by atoms with Crippen LogP contribution in [0.25, 0.3) is 0 Å². The minimum Gasteiger partial charge on any atom is -0.384 e. The molecule has 1 nitrogen and oxygen atoms in total. The van der Waals surface area contributed by atoms with E-state index in [9.17, 15) is 5.11 Å². The molecule has 0 spiro atoms. The molecule has 0 radical (unpaired) electrons. The van der Waals surface area contributed by atoms with Gasteiger partial charge in [0.1, 0.15) is 5.60 Å². The molecule has 0 amide bonds.